The number of aryl methyl sites for hydroxylation is 1. The normalized spacial score (nSPS) is 11.2. The van der Waals surface area contributed by atoms with Crippen molar-refractivity contribution >= 4 is 29.6 Å². The van der Waals surface area contributed by atoms with Crippen LogP contribution in [0.1, 0.15) is 17.0 Å². The molecule has 7 heteroatoms. The van der Waals surface area contributed by atoms with E-state index in [1.165, 1.54) is 11.8 Å². The van der Waals surface area contributed by atoms with Gasteiger partial charge in [-0.3, -0.25) is 0 Å². The summed E-state index contributed by atoms with van der Waals surface area (Å²) in [7, 11) is 0. The molecule has 3 aromatic rings. The molecule has 0 aliphatic heterocycles. The number of hydrogen-bond donors (Lipinski definition) is 0. The molecule has 0 aliphatic carbocycles. The highest BCUT2D eigenvalue weighted by atomic mass is 35.5. The molecule has 3 rings (SSSR count). The third kappa shape index (κ3) is 4.61. The number of nitrogens with zero attached hydrogens (tertiary/aromatic N) is 4. The van der Waals surface area contributed by atoms with Crippen LogP contribution in [0.15, 0.2) is 58.8 Å². The Morgan fingerprint density at radius 1 is 1.20 bits per heavy atom. The lowest BCUT2D eigenvalue weighted by Crippen LogP contribution is -1.97. The van der Waals surface area contributed by atoms with Crippen LogP contribution in [0.5, 0.6) is 5.75 Å². The first-order valence-corrected chi connectivity index (χ1v) is 9.23. The van der Waals surface area contributed by atoms with E-state index < -0.39 is 0 Å². The van der Waals surface area contributed by atoms with Crippen molar-refractivity contribution in [3.63, 3.8) is 0 Å². The van der Waals surface area contributed by atoms with Gasteiger partial charge in [0.25, 0.3) is 0 Å². The summed E-state index contributed by atoms with van der Waals surface area (Å²) in [5.41, 5.74) is 2.00. The summed E-state index contributed by atoms with van der Waals surface area (Å²) in [6.07, 6.45) is 3.71. The van der Waals surface area contributed by atoms with Crippen LogP contribution in [0.2, 0.25) is 5.02 Å². The van der Waals surface area contributed by atoms with E-state index in [0.29, 0.717) is 6.61 Å². The van der Waals surface area contributed by atoms with Gasteiger partial charge in [-0.05, 0) is 48.6 Å². The summed E-state index contributed by atoms with van der Waals surface area (Å²) in [6, 6.07) is 15.4. The Hall–Kier alpha value is -2.31. The molecule has 5 nitrogen and oxygen atoms in total. The van der Waals surface area contributed by atoms with Crippen molar-refractivity contribution in [2.24, 2.45) is 5.10 Å². The van der Waals surface area contributed by atoms with Gasteiger partial charge in [0.2, 0.25) is 5.16 Å². The first-order chi connectivity index (χ1) is 12.2. The first-order valence-electron chi connectivity index (χ1n) is 7.63. The maximum atomic E-state index is 5.89. The average molecular weight is 373 g/mol. The summed E-state index contributed by atoms with van der Waals surface area (Å²) in [5.74, 6) is 1.53. The van der Waals surface area contributed by atoms with E-state index in [1.54, 1.807) is 10.9 Å². The number of aromatic nitrogens is 3. The predicted octanol–water partition coefficient (Wildman–Crippen LogP) is 4.42. The summed E-state index contributed by atoms with van der Waals surface area (Å²) in [6.45, 7) is 2.36. The Morgan fingerprint density at radius 2 is 2.00 bits per heavy atom. The fourth-order valence-corrected chi connectivity index (χ4v) is 2.76. The second-order valence-corrected chi connectivity index (χ2v) is 6.49. The van der Waals surface area contributed by atoms with E-state index in [0.717, 1.165) is 32.9 Å². The van der Waals surface area contributed by atoms with E-state index in [-0.39, 0.29) is 0 Å². The molecule has 1 aromatic heterocycles. The molecule has 0 N–H and O–H groups in total. The van der Waals surface area contributed by atoms with Gasteiger partial charge in [0.15, 0.2) is 5.82 Å². The van der Waals surface area contributed by atoms with Crippen molar-refractivity contribution in [3.05, 3.63) is 70.5 Å². The van der Waals surface area contributed by atoms with Crippen molar-refractivity contribution in [2.45, 2.75) is 18.7 Å². The second-order valence-electron chi connectivity index (χ2n) is 5.28. The van der Waals surface area contributed by atoms with Crippen LogP contribution in [0.3, 0.4) is 0 Å². The Kier molecular flexibility index (Phi) is 5.73. The minimum Gasteiger partial charge on any atom is -0.489 e. The molecule has 128 valence electrons. The zero-order valence-corrected chi connectivity index (χ0v) is 15.5. The molecule has 0 aliphatic rings. The first kappa shape index (κ1) is 17.5. The Morgan fingerprint density at radius 3 is 2.76 bits per heavy atom. The molecule has 0 amide bonds. The van der Waals surface area contributed by atoms with E-state index in [1.807, 2.05) is 61.7 Å². The van der Waals surface area contributed by atoms with Gasteiger partial charge in [-0.2, -0.15) is 9.78 Å². The van der Waals surface area contributed by atoms with E-state index in [9.17, 15) is 0 Å². The van der Waals surface area contributed by atoms with Crippen molar-refractivity contribution in [3.8, 4) is 5.75 Å². The highest BCUT2D eigenvalue weighted by Crippen LogP contribution is 2.17. The van der Waals surface area contributed by atoms with Gasteiger partial charge in [-0.25, -0.2) is 0 Å². The number of ether oxygens (including phenoxy) is 1. The molecule has 0 atom stereocenters. The Labute approximate surface area is 155 Å². The molecule has 0 spiro atoms. The van der Waals surface area contributed by atoms with Crippen molar-refractivity contribution in [1.82, 2.24) is 14.9 Å². The molecular weight excluding hydrogens is 356 g/mol. The predicted molar refractivity (Wildman–Crippen MR) is 102 cm³/mol. The number of thioether (sulfide) groups is 1. The zero-order chi connectivity index (χ0) is 17.6. The molecule has 25 heavy (non-hydrogen) atoms. The maximum Gasteiger partial charge on any atom is 0.211 e. The SMILES string of the molecule is CSc1nnc(C)n1/N=C\c1cccc(OCc2ccc(Cl)cc2)c1. The van der Waals surface area contributed by atoms with Gasteiger partial charge in [0, 0.05) is 5.02 Å². The van der Waals surface area contributed by atoms with Crippen molar-refractivity contribution < 1.29 is 4.74 Å². The van der Waals surface area contributed by atoms with Gasteiger partial charge in [-0.1, -0.05) is 47.6 Å². The second kappa shape index (κ2) is 8.18. The highest BCUT2D eigenvalue weighted by molar-refractivity contribution is 7.98. The number of hydrogen-bond acceptors (Lipinski definition) is 5. The molecule has 0 saturated carbocycles. The van der Waals surface area contributed by atoms with Gasteiger partial charge in [0.05, 0.1) is 6.21 Å². The third-order valence-electron chi connectivity index (χ3n) is 3.45. The fraction of sp³-hybridized carbons (Fsp3) is 0.167. The smallest absolute Gasteiger partial charge is 0.211 e. The van der Waals surface area contributed by atoms with Crippen LogP contribution in [-0.2, 0) is 6.61 Å². The number of halogens is 1. The molecular formula is C18H17ClN4OS. The molecule has 2 aromatic carbocycles. The van der Waals surface area contributed by atoms with Crippen LogP contribution >= 0.6 is 23.4 Å². The summed E-state index contributed by atoms with van der Waals surface area (Å²) >= 11 is 7.39. The molecule has 0 unspecified atom stereocenters. The third-order valence-corrected chi connectivity index (χ3v) is 4.32. The summed E-state index contributed by atoms with van der Waals surface area (Å²) in [4.78, 5) is 0. The topological polar surface area (TPSA) is 52.3 Å². The lowest BCUT2D eigenvalue weighted by Gasteiger charge is -2.07. The van der Waals surface area contributed by atoms with E-state index in [4.69, 9.17) is 16.3 Å². The minimum atomic E-state index is 0.485. The van der Waals surface area contributed by atoms with Gasteiger partial charge < -0.3 is 4.74 Å². The lowest BCUT2D eigenvalue weighted by atomic mass is 10.2. The largest absolute Gasteiger partial charge is 0.489 e. The number of benzene rings is 2. The summed E-state index contributed by atoms with van der Waals surface area (Å²) < 4.78 is 7.55. The minimum absolute atomic E-state index is 0.485. The van der Waals surface area contributed by atoms with E-state index in [2.05, 4.69) is 15.3 Å². The molecule has 0 saturated heterocycles. The Bertz CT molecular complexity index is 877. The number of rotatable bonds is 6. The van der Waals surface area contributed by atoms with Gasteiger partial charge in [0.1, 0.15) is 12.4 Å². The summed E-state index contributed by atoms with van der Waals surface area (Å²) in [5, 5.41) is 14.0. The van der Waals surface area contributed by atoms with Gasteiger partial charge >= 0.3 is 0 Å². The molecule has 0 bridgehead atoms. The average Bonchev–Trinajstić information content (AvgIpc) is 2.99. The van der Waals surface area contributed by atoms with Crippen LogP contribution < -0.4 is 4.74 Å². The van der Waals surface area contributed by atoms with Crippen LogP contribution in [0.4, 0.5) is 0 Å². The van der Waals surface area contributed by atoms with E-state index >= 15 is 0 Å². The lowest BCUT2D eigenvalue weighted by molar-refractivity contribution is 0.306. The fourth-order valence-electron chi connectivity index (χ4n) is 2.15. The van der Waals surface area contributed by atoms with Crippen LogP contribution in [-0.4, -0.2) is 27.3 Å². The highest BCUT2D eigenvalue weighted by Gasteiger charge is 2.05. The standard InChI is InChI=1S/C18H17ClN4OS/c1-13-21-22-18(25-2)23(13)20-11-15-4-3-5-17(10-15)24-12-14-6-8-16(19)9-7-14/h3-11H,12H2,1-2H3/b20-11-. The van der Waals surface area contributed by atoms with Crippen molar-refractivity contribution in [2.75, 3.05) is 6.26 Å². The van der Waals surface area contributed by atoms with Gasteiger partial charge in [-0.15, -0.1) is 10.2 Å². The zero-order valence-electron chi connectivity index (χ0n) is 13.9. The van der Waals surface area contributed by atoms with Crippen molar-refractivity contribution in [1.29, 1.82) is 0 Å². The van der Waals surface area contributed by atoms with Crippen LogP contribution in [0.25, 0.3) is 0 Å². The molecule has 0 radical (unpaired) electrons. The maximum absolute atomic E-state index is 5.89. The quantitative estimate of drug-likeness (QED) is 0.474. The molecule has 0 fully saturated rings. The van der Waals surface area contributed by atoms with Crippen LogP contribution in [0, 0.1) is 6.92 Å². The molecule has 1 heterocycles. The monoisotopic (exact) mass is 372 g/mol. The Balaban J connectivity index is 1.69.